The van der Waals surface area contributed by atoms with Gasteiger partial charge < -0.3 is 14.3 Å². The van der Waals surface area contributed by atoms with Crippen LogP contribution in [-0.4, -0.2) is 57.4 Å². The topological polar surface area (TPSA) is 79.5 Å². The lowest BCUT2D eigenvalue weighted by Gasteiger charge is -2.32. The molecule has 1 aliphatic carbocycles. The zero-order chi connectivity index (χ0) is 16.0. The molecule has 3 fully saturated rings. The highest BCUT2D eigenvalue weighted by Gasteiger charge is 2.43. The third kappa shape index (κ3) is 2.84. The molecule has 1 aromatic heterocycles. The van der Waals surface area contributed by atoms with Gasteiger partial charge >= 0.3 is 0 Å². The van der Waals surface area contributed by atoms with E-state index < -0.39 is 0 Å². The summed E-state index contributed by atoms with van der Waals surface area (Å²) in [5.74, 6) is 1.46. The van der Waals surface area contributed by atoms with Crippen molar-refractivity contribution in [2.75, 3.05) is 19.6 Å². The average Bonchev–Trinajstić information content (AvgIpc) is 3.19. The first-order chi connectivity index (χ1) is 11.1. The van der Waals surface area contributed by atoms with Gasteiger partial charge in [0.1, 0.15) is 0 Å². The Balaban J connectivity index is 1.41. The SMILES string of the molecule is Cc1noc([C@H]2CCCN(C(=O)[C@@H]3CC(=O)N(C4CC4)C3)C2)n1. The largest absolute Gasteiger partial charge is 0.342 e. The quantitative estimate of drug-likeness (QED) is 0.833. The van der Waals surface area contributed by atoms with Crippen LogP contribution >= 0.6 is 0 Å². The molecule has 0 spiro atoms. The van der Waals surface area contributed by atoms with E-state index in [0.29, 0.717) is 37.3 Å². The smallest absolute Gasteiger partial charge is 0.231 e. The third-order valence-corrected chi connectivity index (χ3v) is 5.12. The van der Waals surface area contributed by atoms with Crippen molar-refractivity contribution in [2.24, 2.45) is 5.92 Å². The van der Waals surface area contributed by atoms with Crippen LogP contribution in [0.15, 0.2) is 4.52 Å². The van der Waals surface area contributed by atoms with Crippen LogP contribution < -0.4 is 0 Å². The number of rotatable bonds is 3. The molecular formula is C16H22N4O3. The van der Waals surface area contributed by atoms with Crippen molar-refractivity contribution in [3.63, 3.8) is 0 Å². The van der Waals surface area contributed by atoms with Crippen molar-refractivity contribution in [1.29, 1.82) is 0 Å². The Morgan fingerprint density at radius 3 is 2.78 bits per heavy atom. The van der Waals surface area contributed by atoms with Crippen LogP contribution in [0, 0.1) is 12.8 Å². The van der Waals surface area contributed by atoms with Crippen molar-refractivity contribution in [3.8, 4) is 0 Å². The summed E-state index contributed by atoms with van der Waals surface area (Å²) >= 11 is 0. The summed E-state index contributed by atoms with van der Waals surface area (Å²) in [5.41, 5.74) is 0. The minimum atomic E-state index is -0.175. The molecule has 0 N–H and O–H groups in total. The maximum atomic E-state index is 12.8. The Kier molecular flexibility index (Phi) is 3.58. The molecule has 124 valence electrons. The molecule has 1 aromatic rings. The number of aromatic nitrogens is 2. The molecule has 2 amide bonds. The molecule has 4 rings (SSSR count). The highest BCUT2D eigenvalue weighted by atomic mass is 16.5. The second kappa shape index (κ2) is 5.62. The molecule has 3 heterocycles. The predicted molar refractivity (Wildman–Crippen MR) is 80.4 cm³/mol. The summed E-state index contributed by atoms with van der Waals surface area (Å²) in [6, 6.07) is 0.399. The van der Waals surface area contributed by atoms with Gasteiger partial charge in [-0.3, -0.25) is 9.59 Å². The van der Waals surface area contributed by atoms with Gasteiger partial charge in [-0.25, -0.2) is 0 Å². The van der Waals surface area contributed by atoms with Crippen LogP contribution in [0.4, 0.5) is 0 Å². The summed E-state index contributed by atoms with van der Waals surface area (Å²) in [4.78, 5) is 33.0. The number of hydrogen-bond acceptors (Lipinski definition) is 5. The number of carbonyl (C=O) groups excluding carboxylic acids is 2. The minimum absolute atomic E-state index is 0.113. The van der Waals surface area contributed by atoms with Crippen molar-refractivity contribution in [3.05, 3.63) is 11.7 Å². The normalized spacial score (nSPS) is 28.5. The van der Waals surface area contributed by atoms with Gasteiger partial charge in [0.25, 0.3) is 0 Å². The summed E-state index contributed by atoms with van der Waals surface area (Å²) in [6.45, 7) is 3.78. The first-order valence-electron chi connectivity index (χ1n) is 8.50. The molecule has 2 saturated heterocycles. The van der Waals surface area contributed by atoms with Crippen LogP contribution in [0.3, 0.4) is 0 Å². The Morgan fingerprint density at radius 1 is 1.26 bits per heavy atom. The molecule has 3 aliphatic rings. The molecule has 2 aliphatic heterocycles. The van der Waals surface area contributed by atoms with E-state index in [4.69, 9.17) is 4.52 Å². The van der Waals surface area contributed by atoms with E-state index in [0.717, 1.165) is 32.2 Å². The predicted octanol–water partition coefficient (Wildman–Crippen LogP) is 1.09. The Morgan fingerprint density at radius 2 is 2.09 bits per heavy atom. The maximum absolute atomic E-state index is 12.8. The van der Waals surface area contributed by atoms with Crippen LogP contribution in [-0.2, 0) is 9.59 Å². The van der Waals surface area contributed by atoms with Gasteiger partial charge in [-0.1, -0.05) is 5.16 Å². The van der Waals surface area contributed by atoms with E-state index in [2.05, 4.69) is 10.1 Å². The lowest BCUT2D eigenvalue weighted by molar-refractivity contribution is -0.137. The van der Waals surface area contributed by atoms with E-state index in [1.807, 2.05) is 9.80 Å². The van der Waals surface area contributed by atoms with Crippen molar-refractivity contribution in [2.45, 2.75) is 51.0 Å². The van der Waals surface area contributed by atoms with Gasteiger partial charge in [-0.15, -0.1) is 0 Å². The Labute approximate surface area is 135 Å². The first kappa shape index (κ1) is 14.7. The zero-order valence-corrected chi connectivity index (χ0v) is 13.4. The number of nitrogens with zero attached hydrogens (tertiary/aromatic N) is 4. The summed E-state index contributed by atoms with van der Waals surface area (Å²) in [5, 5.41) is 3.84. The Bertz CT molecular complexity index is 625. The lowest BCUT2D eigenvalue weighted by atomic mass is 9.96. The number of aryl methyl sites for hydroxylation is 1. The van der Waals surface area contributed by atoms with Crippen molar-refractivity contribution < 1.29 is 14.1 Å². The fraction of sp³-hybridized carbons (Fsp3) is 0.750. The summed E-state index contributed by atoms with van der Waals surface area (Å²) in [7, 11) is 0. The number of likely N-dealkylation sites (tertiary alicyclic amines) is 2. The maximum Gasteiger partial charge on any atom is 0.231 e. The van der Waals surface area contributed by atoms with E-state index >= 15 is 0 Å². The number of amides is 2. The van der Waals surface area contributed by atoms with Crippen LogP contribution in [0.2, 0.25) is 0 Å². The number of hydrogen-bond donors (Lipinski definition) is 0. The minimum Gasteiger partial charge on any atom is -0.342 e. The monoisotopic (exact) mass is 318 g/mol. The van der Waals surface area contributed by atoms with Gasteiger partial charge in [0.05, 0.1) is 11.8 Å². The van der Waals surface area contributed by atoms with Crippen molar-refractivity contribution >= 4 is 11.8 Å². The van der Waals surface area contributed by atoms with E-state index in [-0.39, 0.29) is 23.7 Å². The molecule has 0 unspecified atom stereocenters. The zero-order valence-electron chi connectivity index (χ0n) is 13.4. The van der Waals surface area contributed by atoms with Crippen LogP contribution in [0.5, 0.6) is 0 Å². The molecule has 7 heteroatoms. The molecule has 1 saturated carbocycles. The molecule has 0 aromatic carbocycles. The standard InChI is InChI=1S/C16H22N4O3/c1-10-17-15(23-18-10)11-3-2-6-19(8-11)16(22)12-7-14(21)20(9-12)13-4-5-13/h11-13H,2-9H2,1H3/t11-,12+/m0/s1. The third-order valence-electron chi connectivity index (χ3n) is 5.12. The average molecular weight is 318 g/mol. The summed E-state index contributed by atoms with van der Waals surface area (Å²) in [6.07, 6.45) is 4.45. The lowest BCUT2D eigenvalue weighted by Crippen LogP contribution is -2.43. The van der Waals surface area contributed by atoms with Crippen LogP contribution in [0.25, 0.3) is 0 Å². The van der Waals surface area contributed by atoms with E-state index in [1.54, 1.807) is 6.92 Å². The molecule has 0 bridgehead atoms. The van der Waals surface area contributed by atoms with Gasteiger partial charge in [0, 0.05) is 32.1 Å². The van der Waals surface area contributed by atoms with Crippen LogP contribution in [0.1, 0.15) is 49.7 Å². The molecular weight excluding hydrogens is 296 g/mol. The second-order valence-corrected chi connectivity index (χ2v) is 6.98. The molecule has 0 radical (unpaired) electrons. The number of carbonyl (C=O) groups is 2. The van der Waals surface area contributed by atoms with Gasteiger partial charge in [0.2, 0.25) is 17.7 Å². The number of piperidine rings is 1. The fourth-order valence-corrected chi connectivity index (χ4v) is 3.75. The highest BCUT2D eigenvalue weighted by Crippen LogP contribution is 2.34. The van der Waals surface area contributed by atoms with Gasteiger partial charge in [0.15, 0.2) is 5.82 Å². The van der Waals surface area contributed by atoms with Gasteiger partial charge in [-0.05, 0) is 32.6 Å². The van der Waals surface area contributed by atoms with Gasteiger partial charge in [-0.2, -0.15) is 4.98 Å². The molecule has 2 atom stereocenters. The Hall–Kier alpha value is -1.92. The second-order valence-electron chi connectivity index (χ2n) is 6.98. The van der Waals surface area contributed by atoms with E-state index in [9.17, 15) is 9.59 Å². The fourth-order valence-electron chi connectivity index (χ4n) is 3.75. The highest BCUT2D eigenvalue weighted by molar-refractivity contribution is 5.89. The molecule has 23 heavy (non-hydrogen) atoms. The molecule has 7 nitrogen and oxygen atoms in total. The first-order valence-corrected chi connectivity index (χ1v) is 8.50. The van der Waals surface area contributed by atoms with Crippen molar-refractivity contribution in [1.82, 2.24) is 19.9 Å². The van der Waals surface area contributed by atoms with E-state index in [1.165, 1.54) is 0 Å². The summed E-state index contributed by atoms with van der Waals surface area (Å²) < 4.78 is 5.27.